The average molecular weight is 329 g/mol. The molecule has 6 heteroatoms. The number of anilines is 1. The Balaban J connectivity index is 1.92. The third-order valence-corrected chi connectivity index (χ3v) is 3.55. The van der Waals surface area contributed by atoms with Crippen LogP contribution in [0.2, 0.25) is 5.02 Å². The van der Waals surface area contributed by atoms with Gasteiger partial charge in [-0.1, -0.05) is 11.6 Å². The third kappa shape index (κ3) is 3.19. The van der Waals surface area contributed by atoms with Gasteiger partial charge in [0.05, 0.1) is 5.57 Å². The lowest BCUT2D eigenvalue weighted by Gasteiger charge is -2.06. The second kappa shape index (κ2) is 6.14. The van der Waals surface area contributed by atoms with Crippen LogP contribution >= 0.6 is 11.6 Å². The van der Waals surface area contributed by atoms with E-state index in [2.05, 4.69) is 10.3 Å². The first-order chi connectivity index (χ1) is 11.1. The van der Waals surface area contributed by atoms with E-state index < -0.39 is 0 Å². The van der Waals surface area contributed by atoms with Crippen LogP contribution in [-0.4, -0.2) is 16.4 Å². The standard InChI is InChI=1S/C17H13ClN2O3/c1-10-6-13(22)3-4-14(10)19-8-11(9-21)17-20-15-7-12(18)2-5-16(15)23-17/h2-9,19,22H,1H3/b11-8-. The van der Waals surface area contributed by atoms with Gasteiger partial charge in [0.2, 0.25) is 5.89 Å². The van der Waals surface area contributed by atoms with Gasteiger partial charge < -0.3 is 14.8 Å². The number of carbonyl (C=O) groups is 1. The van der Waals surface area contributed by atoms with Gasteiger partial charge in [0.15, 0.2) is 11.9 Å². The number of aldehydes is 1. The van der Waals surface area contributed by atoms with E-state index in [0.29, 0.717) is 22.4 Å². The normalized spacial score (nSPS) is 11.7. The summed E-state index contributed by atoms with van der Waals surface area (Å²) >= 11 is 5.91. The molecule has 0 saturated heterocycles. The number of carbonyl (C=O) groups excluding carboxylic acids is 1. The number of rotatable bonds is 4. The first-order valence-electron chi connectivity index (χ1n) is 6.85. The number of halogens is 1. The number of nitrogens with zero attached hydrogens (tertiary/aromatic N) is 1. The zero-order valence-corrected chi connectivity index (χ0v) is 13.0. The summed E-state index contributed by atoms with van der Waals surface area (Å²) in [4.78, 5) is 15.6. The van der Waals surface area contributed by atoms with Gasteiger partial charge in [-0.3, -0.25) is 4.79 Å². The number of hydrogen-bond acceptors (Lipinski definition) is 5. The van der Waals surface area contributed by atoms with Crippen molar-refractivity contribution in [2.45, 2.75) is 6.92 Å². The van der Waals surface area contributed by atoms with E-state index in [1.54, 1.807) is 36.4 Å². The first kappa shape index (κ1) is 15.1. The molecular formula is C17H13ClN2O3. The summed E-state index contributed by atoms with van der Waals surface area (Å²) in [6, 6.07) is 9.97. The molecule has 1 heterocycles. The van der Waals surface area contributed by atoms with Gasteiger partial charge in [-0.2, -0.15) is 0 Å². The topological polar surface area (TPSA) is 75.4 Å². The average Bonchev–Trinajstić information content (AvgIpc) is 2.92. The van der Waals surface area contributed by atoms with Crippen LogP contribution in [0.1, 0.15) is 11.5 Å². The van der Waals surface area contributed by atoms with E-state index in [9.17, 15) is 9.90 Å². The van der Waals surface area contributed by atoms with Gasteiger partial charge >= 0.3 is 0 Å². The minimum absolute atomic E-state index is 0.184. The van der Waals surface area contributed by atoms with Crippen molar-refractivity contribution >= 4 is 40.2 Å². The van der Waals surface area contributed by atoms with E-state index >= 15 is 0 Å². The van der Waals surface area contributed by atoms with Crippen molar-refractivity contribution < 1.29 is 14.3 Å². The molecule has 0 spiro atoms. The number of oxazole rings is 1. The molecule has 0 saturated carbocycles. The number of hydrogen-bond donors (Lipinski definition) is 2. The Morgan fingerprint density at radius 3 is 2.87 bits per heavy atom. The summed E-state index contributed by atoms with van der Waals surface area (Å²) in [7, 11) is 0. The molecule has 0 atom stereocenters. The maximum atomic E-state index is 11.3. The van der Waals surface area contributed by atoms with E-state index in [0.717, 1.165) is 11.3 Å². The highest BCUT2D eigenvalue weighted by Gasteiger charge is 2.11. The maximum Gasteiger partial charge on any atom is 0.232 e. The summed E-state index contributed by atoms with van der Waals surface area (Å²) in [5.41, 5.74) is 3.01. The van der Waals surface area contributed by atoms with E-state index in [1.165, 1.54) is 6.20 Å². The van der Waals surface area contributed by atoms with Gasteiger partial charge in [0.25, 0.3) is 0 Å². The van der Waals surface area contributed by atoms with Gasteiger partial charge in [-0.15, -0.1) is 0 Å². The number of benzene rings is 2. The number of phenolic OH excluding ortho intramolecular Hbond substituents is 1. The van der Waals surface area contributed by atoms with Crippen molar-refractivity contribution in [2.75, 3.05) is 5.32 Å². The summed E-state index contributed by atoms with van der Waals surface area (Å²) < 4.78 is 5.56. The van der Waals surface area contributed by atoms with Crippen molar-refractivity contribution in [1.82, 2.24) is 4.98 Å². The molecule has 0 aliphatic rings. The van der Waals surface area contributed by atoms with Crippen molar-refractivity contribution in [1.29, 1.82) is 0 Å². The zero-order valence-electron chi connectivity index (χ0n) is 12.2. The Morgan fingerprint density at radius 1 is 1.30 bits per heavy atom. The van der Waals surface area contributed by atoms with Crippen LogP contribution in [0.3, 0.4) is 0 Å². The molecule has 3 aromatic rings. The Labute approximate surface area is 137 Å². The molecule has 0 aliphatic carbocycles. The monoisotopic (exact) mass is 328 g/mol. The van der Waals surface area contributed by atoms with Gasteiger partial charge in [-0.05, 0) is 48.9 Å². The van der Waals surface area contributed by atoms with Crippen molar-refractivity contribution in [2.24, 2.45) is 0 Å². The number of aryl methyl sites for hydroxylation is 1. The predicted molar refractivity (Wildman–Crippen MR) is 89.5 cm³/mol. The molecule has 3 rings (SSSR count). The summed E-state index contributed by atoms with van der Waals surface area (Å²) in [5.74, 6) is 0.393. The van der Waals surface area contributed by atoms with Crippen LogP contribution in [-0.2, 0) is 4.79 Å². The summed E-state index contributed by atoms with van der Waals surface area (Å²) in [6.45, 7) is 1.85. The third-order valence-electron chi connectivity index (χ3n) is 3.32. The van der Waals surface area contributed by atoms with Gasteiger partial charge in [0, 0.05) is 16.9 Å². The minimum Gasteiger partial charge on any atom is -0.508 e. The quantitative estimate of drug-likeness (QED) is 0.427. The number of fused-ring (bicyclic) bond motifs is 1. The highest BCUT2D eigenvalue weighted by molar-refractivity contribution is 6.31. The number of phenols is 1. The smallest absolute Gasteiger partial charge is 0.232 e. The second-order valence-electron chi connectivity index (χ2n) is 4.99. The Morgan fingerprint density at radius 2 is 2.13 bits per heavy atom. The van der Waals surface area contributed by atoms with E-state index in [1.807, 2.05) is 6.92 Å². The van der Waals surface area contributed by atoms with Crippen LogP contribution in [0.25, 0.3) is 16.7 Å². The molecule has 0 bridgehead atoms. The van der Waals surface area contributed by atoms with Crippen molar-refractivity contribution in [3.05, 3.63) is 59.1 Å². The molecule has 0 aliphatic heterocycles. The fourth-order valence-corrected chi connectivity index (χ4v) is 2.30. The number of aromatic nitrogens is 1. The Kier molecular flexibility index (Phi) is 4.04. The summed E-state index contributed by atoms with van der Waals surface area (Å²) in [5, 5.41) is 13.0. The molecule has 0 fully saturated rings. The van der Waals surface area contributed by atoms with Gasteiger partial charge in [-0.25, -0.2) is 4.98 Å². The fraction of sp³-hybridized carbons (Fsp3) is 0.0588. The van der Waals surface area contributed by atoms with Gasteiger partial charge in [0.1, 0.15) is 11.3 Å². The lowest BCUT2D eigenvalue weighted by Crippen LogP contribution is -1.95. The number of nitrogens with one attached hydrogen (secondary N) is 1. The Hall–Kier alpha value is -2.79. The molecule has 1 aromatic heterocycles. The van der Waals surface area contributed by atoms with Crippen LogP contribution in [0.4, 0.5) is 5.69 Å². The Bertz CT molecular complexity index is 915. The molecule has 0 amide bonds. The molecular weight excluding hydrogens is 316 g/mol. The van der Waals surface area contributed by atoms with E-state index in [4.69, 9.17) is 16.0 Å². The number of aromatic hydroxyl groups is 1. The lowest BCUT2D eigenvalue weighted by molar-refractivity contribution is -0.103. The lowest BCUT2D eigenvalue weighted by atomic mass is 10.2. The molecule has 5 nitrogen and oxygen atoms in total. The zero-order chi connectivity index (χ0) is 16.4. The fourth-order valence-electron chi connectivity index (χ4n) is 2.14. The molecule has 0 unspecified atom stereocenters. The molecule has 2 N–H and O–H groups in total. The largest absolute Gasteiger partial charge is 0.508 e. The highest BCUT2D eigenvalue weighted by atomic mass is 35.5. The minimum atomic E-state index is 0.184. The SMILES string of the molecule is Cc1cc(O)ccc1N/C=C(/C=O)c1nc2cc(Cl)ccc2o1. The maximum absolute atomic E-state index is 11.3. The number of allylic oxidation sites excluding steroid dienone is 1. The van der Waals surface area contributed by atoms with Crippen LogP contribution in [0.15, 0.2) is 47.0 Å². The van der Waals surface area contributed by atoms with Crippen LogP contribution in [0.5, 0.6) is 5.75 Å². The highest BCUT2D eigenvalue weighted by Crippen LogP contribution is 2.24. The van der Waals surface area contributed by atoms with Crippen molar-refractivity contribution in [3.63, 3.8) is 0 Å². The molecule has 116 valence electrons. The molecule has 2 aromatic carbocycles. The predicted octanol–water partition coefficient (Wildman–Crippen LogP) is 4.15. The summed E-state index contributed by atoms with van der Waals surface area (Å²) in [6.07, 6.45) is 2.17. The van der Waals surface area contributed by atoms with E-state index in [-0.39, 0.29) is 17.2 Å². The second-order valence-corrected chi connectivity index (χ2v) is 5.43. The van der Waals surface area contributed by atoms with Crippen LogP contribution < -0.4 is 5.32 Å². The molecule has 23 heavy (non-hydrogen) atoms. The van der Waals surface area contributed by atoms with Crippen LogP contribution in [0, 0.1) is 6.92 Å². The molecule has 0 radical (unpaired) electrons. The first-order valence-corrected chi connectivity index (χ1v) is 7.22. The van der Waals surface area contributed by atoms with Crippen molar-refractivity contribution in [3.8, 4) is 5.75 Å².